The Morgan fingerprint density at radius 3 is 2.06 bits per heavy atom. The van der Waals surface area contributed by atoms with Gasteiger partial charge in [-0.1, -0.05) is 12.1 Å². The topological polar surface area (TPSA) is 43.9 Å². The first-order valence-corrected chi connectivity index (χ1v) is 12.3. The second kappa shape index (κ2) is 10.7. The SMILES string of the molecule is CN(Cc1ccc(N2CCCCC2)cc1)C(=O)C1CCN(C(=O)c2ccc(C(F)(F)F)cc2)CC1. The van der Waals surface area contributed by atoms with Gasteiger partial charge in [-0.2, -0.15) is 13.2 Å². The number of likely N-dealkylation sites (tertiary alicyclic amines) is 1. The van der Waals surface area contributed by atoms with E-state index in [0.29, 0.717) is 32.5 Å². The molecule has 0 atom stereocenters. The lowest BCUT2D eigenvalue weighted by molar-refractivity contribution is -0.137. The van der Waals surface area contributed by atoms with Gasteiger partial charge >= 0.3 is 6.18 Å². The monoisotopic (exact) mass is 487 g/mol. The van der Waals surface area contributed by atoms with Gasteiger partial charge in [-0.05, 0) is 74.1 Å². The largest absolute Gasteiger partial charge is 0.416 e. The smallest absolute Gasteiger partial charge is 0.372 e. The average molecular weight is 488 g/mol. The first kappa shape index (κ1) is 25.1. The van der Waals surface area contributed by atoms with Crippen molar-refractivity contribution in [1.29, 1.82) is 0 Å². The predicted octanol–water partition coefficient (Wildman–Crippen LogP) is 5.21. The van der Waals surface area contributed by atoms with Gasteiger partial charge < -0.3 is 14.7 Å². The van der Waals surface area contributed by atoms with Crippen LogP contribution in [0, 0.1) is 5.92 Å². The number of rotatable bonds is 5. The molecule has 4 rings (SSSR count). The van der Waals surface area contributed by atoms with Crippen molar-refractivity contribution in [3.05, 3.63) is 65.2 Å². The fourth-order valence-corrected chi connectivity index (χ4v) is 4.94. The zero-order valence-corrected chi connectivity index (χ0v) is 20.1. The molecule has 2 fully saturated rings. The number of carbonyl (C=O) groups excluding carboxylic acids is 2. The molecular weight excluding hydrogens is 455 g/mol. The maximum atomic E-state index is 13.0. The Labute approximate surface area is 204 Å². The van der Waals surface area contributed by atoms with Crippen LogP contribution in [0.3, 0.4) is 0 Å². The van der Waals surface area contributed by atoms with Crippen molar-refractivity contribution in [2.75, 3.05) is 38.1 Å². The van der Waals surface area contributed by atoms with E-state index in [-0.39, 0.29) is 23.3 Å². The molecule has 0 saturated carbocycles. The number of benzene rings is 2. The minimum absolute atomic E-state index is 0.0618. The number of alkyl halides is 3. The van der Waals surface area contributed by atoms with Gasteiger partial charge in [0.1, 0.15) is 0 Å². The third-order valence-electron chi connectivity index (χ3n) is 7.04. The summed E-state index contributed by atoms with van der Waals surface area (Å²) in [6, 6.07) is 12.7. The maximum absolute atomic E-state index is 13.0. The summed E-state index contributed by atoms with van der Waals surface area (Å²) in [6.45, 7) is 3.54. The fraction of sp³-hybridized carbons (Fsp3) is 0.481. The average Bonchev–Trinajstić information content (AvgIpc) is 2.88. The Hall–Kier alpha value is -3.03. The number of amides is 2. The number of halogens is 3. The molecule has 0 unspecified atom stereocenters. The minimum atomic E-state index is -4.43. The lowest BCUT2D eigenvalue weighted by Gasteiger charge is -2.33. The van der Waals surface area contributed by atoms with Crippen molar-refractivity contribution in [3.8, 4) is 0 Å². The van der Waals surface area contributed by atoms with Crippen LogP contribution in [0.15, 0.2) is 48.5 Å². The van der Waals surface area contributed by atoms with Crippen LogP contribution in [0.2, 0.25) is 0 Å². The van der Waals surface area contributed by atoms with E-state index >= 15 is 0 Å². The predicted molar refractivity (Wildman–Crippen MR) is 129 cm³/mol. The van der Waals surface area contributed by atoms with Crippen LogP contribution in [-0.4, -0.2) is 54.8 Å². The number of carbonyl (C=O) groups is 2. The molecule has 2 aliphatic rings. The van der Waals surface area contributed by atoms with Gasteiger partial charge in [0.2, 0.25) is 5.91 Å². The molecule has 0 aromatic heterocycles. The summed E-state index contributed by atoms with van der Waals surface area (Å²) in [5.41, 5.74) is 1.76. The van der Waals surface area contributed by atoms with E-state index in [4.69, 9.17) is 0 Å². The summed E-state index contributed by atoms with van der Waals surface area (Å²) in [4.78, 5) is 31.5. The molecular formula is C27H32F3N3O2. The molecule has 2 saturated heterocycles. The van der Waals surface area contributed by atoms with Crippen LogP contribution in [-0.2, 0) is 17.5 Å². The maximum Gasteiger partial charge on any atom is 0.416 e. The van der Waals surface area contributed by atoms with Gasteiger partial charge in [-0.3, -0.25) is 9.59 Å². The highest BCUT2D eigenvalue weighted by molar-refractivity contribution is 5.94. The van der Waals surface area contributed by atoms with E-state index in [2.05, 4.69) is 29.2 Å². The Morgan fingerprint density at radius 2 is 1.49 bits per heavy atom. The standard InChI is InChI=1S/C27H32F3N3O2/c1-31(19-20-5-11-24(12-6-20)32-15-3-2-4-16-32)25(34)22-13-17-33(18-14-22)26(35)21-7-9-23(10-8-21)27(28,29)30/h5-12,22H,2-4,13-19H2,1H3. The summed E-state index contributed by atoms with van der Waals surface area (Å²) >= 11 is 0. The first-order chi connectivity index (χ1) is 16.7. The zero-order chi connectivity index (χ0) is 25.0. The van der Waals surface area contributed by atoms with Gasteiger partial charge in [0, 0.05) is 56.9 Å². The van der Waals surface area contributed by atoms with E-state index in [9.17, 15) is 22.8 Å². The van der Waals surface area contributed by atoms with Crippen molar-refractivity contribution in [1.82, 2.24) is 9.80 Å². The number of anilines is 1. The van der Waals surface area contributed by atoms with E-state index in [0.717, 1.165) is 30.8 Å². The summed E-state index contributed by atoms with van der Waals surface area (Å²) in [6.07, 6.45) is 0.416. The van der Waals surface area contributed by atoms with Gasteiger partial charge in [0.25, 0.3) is 5.91 Å². The van der Waals surface area contributed by atoms with Crippen LogP contribution in [0.1, 0.15) is 53.6 Å². The van der Waals surface area contributed by atoms with Crippen molar-refractivity contribution in [2.45, 2.75) is 44.8 Å². The molecule has 0 spiro atoms. The van der Waals surface area contributed by atoms with Gasteiger partial charge in [-0.25, -0.2) is 0 Å². The quantitative estimate of drug-likeness (QED) is 0.582. The molecule has 2 aromatic carbocycles. The highest BCUT2D eigenvalue weighted by atomic mass is 19.4. The van der Waals surface area contributed by atoms with E-state index in [1.54, 1.807) is 16.8 Å². The van der Waals surface area contributed by atoms with Crippen molar-refractivity contribution in [2.24, 2.45) is 5.92 Å². The molecule has 0 N–H and O–H groups in total. The van der Waals surface area contributed by atoms with Crippen LogP contribution >= 0.6 is 0 Å². The Bertz CT molecular complexity index is 1010. The molecule has 8 heteroatoms. The number of piperidine rings is 2. The molecule has 0 radical (unpaired) electrons. The third-order valence-corrected chi connectivity index (χ3v) is 7.04. The van der Waals surface area contributed by atoms with Crippen molar-refractivity contribution < 1.29 is 22.8 Å². The summed E-state index contributed by atoms with van der Waals surface area (Å²) < 4.78 is 38.3. The lowest BCUT2D eigenvalue weighted by atomic mass is 9.94. The molecule has 2 amide bonds. The molecule has 5 nitrogen and oxygen atoms in total. The van der Waals surface area contributed by atoms with Crippen LogP contribution < -0.4 is 4.90 Å². The molecule has 0 aliphatic carbocycles. The van der Waals surface area contributed by atoms with E-state index in [1.165, 1.54) is 37.1 Å². The zero-order valence-electron chi connectivity index (χ0n) is 20.1. The van der Waals surface area contributed by atoms with Crippen molar-refractivity contribution in [3.63, 3.8) is 0 Å². The Balaban J connectivity index is 1.27. The van der Waals surface area contributed by atoms with Gasteiger partial charge in [0.05, 0.1) is 5.56 Å². The number of nitrogens with zero attached hydrogens (tertiary/aromatic N) is 3. The highest BCUT2D eigenvalue weighted by Gasteiger charge is 2.32. The number of hydrogen-bond donors (Lipinski definition) is 0. The normalized spacial score (nSPS) is 17.4. The molecule has 0 bridgehead atoms. The summed E-state index contributed by atoms with van der Waals surface area (Å²) in [5, 5.41) is 0. The number of hydrogen-bond acceptors (Lipinski definition) is 3. The van der Waals surface area contributed by atoms with E-state index in [1.807, 2.05) is 0 Å². The fourth-order valence-electron chi connectivity index (χ4n) is 4.94. The van der Waals surface area contributed by atoms with Crippen LogP contribution in [0.5, 0.6) is 0 Å². The van der Waals surface area contributed by atoms with Crippen LogP contribution in [0.4, 0.5) is 18.9 Å². The molecule has 2 heterocycles. The molecule has 2 aromatic rings. The van der Waals surface area contributed by atoms with Crippen LogP contribution in [0.25, 0.3) is 0 Å². The lowest BCUT2D eigenvalue weighted by Crippen LogP contribution is -2.43. The minimum Gasteiger partial charge on any atom is -0.372 e. The van der Waals surface area contributed by atoms with Gasteiger partial charge in [-0.15, -0.1) is 0 Å². The summed E-state index contributed by atoms with van der Waals surface area (Å²) in [5.74, 6) is -0.400. The molecule has 35 heavy (non-hydrogen) atoms. The highest BCUT2D eigenvalue weighted by Crippen LogP contribution is 2.30. The van der Waals surface area contributed by atoms with Crippen molar-refractivity contribution >= 4 is 17.5 Å². The second-order valence-electron chi connectivity index (χ2n) is 9.55. The summed E-state index contributed by atoms with van der Waals surface area (Å²) in [7, 11) is 1.81. The van der Waals surface area contributed by atoms with E-state index < -0.39 is 11.7 Å². The first-order valence-electron chi connectivity index (χ1n) is 12.3. The van der Waals surface area contributed by atoms with Gasteiger partial charge in [0.15, 0.2) is 0 Å². The Morgan fingerprint density at radius 1 is 0.886 bits per heavy atom. The second-order valence-corrected chi connectivity index (χ2v) is 9.55. The third kappa shape index (κ3) is 6.16. The Kier molecular flexibility index (Phi) is 7.67. The molecule has 2 aliphatic heterocycles. The molecule has 188 valence electrons.